The lowest BCUT2D eigenvalue weighted by molar-refractivity contribution is -0.119. The van der Waals surface area contributed by atoms with Crippen molar-refractivity contribution in [1.82, 2.24) is 9.78 Å². The first-order valence-corrected chi connectivity index (χ1v) is 5.39. The molecular formula is C13H13FN2O. The van der Waals surface area contributed by atoms with Crippen LogP contribution in [0.25, 0.3) is 0 Å². The molecule has 0 aliphatic heterocycles. The van der Waals surface area contributed by atoms with E-state index in [2.05, 4.69) is 5.10 Å². The van der Waals surface area contributed by atoms with Crippen molar-refractivity contribution in [3.05, 3.63) is 53.6 Å². The van der Waals surface area contributed by atoms with E-state index in [1.807, 2.05) is 6.92 Å². The van der Waals surface area contributed by atoms with Gasteiger partial charge in [-0.1, -0.05) is 18.2 Å². The summed E-state index contributed by atoms with van der Waals surface area (Å²) in [5, 5.41) is 4.02. The van der Waals surface area contributed by atoms with Crippen molar-refractivity contribution in [2.45, 2.75) is 19.9 Å². The van der Waals surface area contributed by atoms with Crippen molar-refractivity contribution in [2.75, 3.05) is 0 Å². The maximum Gasteiger partial charge on any atom is 0.158 e. The van der Waals surface area contributed by atoms with Crippen LogP contribution in [0.2, 0.25) is 0 Å². The van der Waals surface area contributed by atoms with Crippen molar-refractivity contribution in [3.63, 3.8) is 0 Å². The zero-order valence-corrected chi connectivity index (χ0v) is 9.56. The third-order valence-corrected chi connectivity index (χ3v) is 2.45. The number of Topliss-reactive ketones (excluding diaryl/α,β-unsaturated/α-hetero) is 1. The maximum atomic E-state index is 13.3. The molecule has 0 aliphatic rings. The van der Waals surface area contributed by atoms with Gasteiger partial charge in [0, 0.05) is 12.6 Å². The summed E-state index contributed by atoms with van der Waals surface area (Å²) in [7, 11) is 0. The van der Waals surface area contributed by atoms with Gasteiger partial charge in [-0.2, -0.15) is 5.10 Å². The number of carbonyl (C=O) groups excluding carboxylic acids is 1. The number of carbonyl (C=O) groups is 1. The van der Waals surface area contributed by atoms with E-state index < -0.39 is 0 Å². The fourth-order valence-electron chi connectivity index (χ4n) is 1.64. The molecule has 17 heavy (non-hydrogen) atoms. The number of benzene rings is 1. The number of ketones is 1. The van der Waals surface area contributed by atoms with E-state index in [0.29, 0.717) is 5.56 Å². The monoisotopic (exact) mass is 232 g/mol. The second-order valence-corrected chi connectivity index (χ2v) is 4.02. The molecule has 0 unspecified atom stereocenters. The Hall–Kier alpha value is -1.97. The smallest absolute Gasteiger partial charge is 0.158 e. The zero-order chi connectivity index (χ0) is 12.3. The molecule has 1 heterocycles. The second-order valence-electron chi connectivity index (χ2n) is 4.02. The minimum absolute atomic E-state index is 0.0572. The Labute approximate surface area is 98.9 Å². The molecule has 0 bridgehead atoms. The molecule has 0 saturated carbocycles. The predicted molar refractivity (Wildman–Crippen MR) is 62.1 cm³/mol. The first-order chi connectivity index (χ1) is 8.15. The largest absolute Gasteiger partial charge is 0.297 e. The topological polar surface area (TPSA) is 34.9 Å². The standard InChI is InChI=1S/C13H13FN2O/c1-10-7-15-16(8-10)9-12(17)6-11-4-2-3-5-13(11)14/h2-5,7-8H,6,9H2,1H3. The van der Waals surface area contributed by atoms with Crippen LogP contribution in [0.3, 0.4) is 0 Å². The first-order valence-electron chi connectivity index (χ1n) is 5.39. The van der Waals surface area contributed by atoms with Gasteiger partial charge in [0.1, 0.15) is 5.82 Å². The Kier molecular flexibility index (Phi) is 3.32. The van der Waals surface area contributed by atoms with Crippen molar-refractivity contribution >= 4 is 5.78 Å². The molecular weight excluding hydrogens is 219 g/mol. The zero-order valence-electron chi connectivity index (χ0n) is 9.56. The van der Waals surface area contributed by atoms with Crippen LogP contribution in [-0.2, 0) is 17.8 Å². The molecule has 0 fully saturated rings. The van der Waals surface area contributed by atoms with Gasteiger partial charge in [-0.3, -0.25) is 9.48 Å². The van der Waals surface area contributed by atoms with Crippen LogP contribution in [0, 0.1) is 12.7 Å². The molecule has 2 rings (SSSR count). The normalized spacial score (nSPS) is 10.5. The fraction of sp³-hybridized carbons (Fsp3) is 0.231. The molecule has 0 spiro atoms. The van der Waals surface area contributed by atoms with Crippen LogP contribution in [0.1, 0.15) is 11.1 Å². The van der Waals surface area contributed by atoms with E-state index in [9.17, 15) is 9.18 Å². The summed E-state index contributed by atoms with van der Waals surface area (Å²) < 4.78 is 14.9. The molecule has 0 atom stereocenters. The Morgan fingerprint density at radius 1 is 1.41 bits per heavy atom. The summed E-state index contributed by atoms with van der Waals surface area (Å²) in [5.74, 6) is -0.393. The second kappa shape index (κ2) is 4.91. The Bertz CT molecular complexity index is 534. The number of hydrogen-bond donors (Lipinski definition) is 0. The Balaban J connectivity index is 2.01. The van der Waals surface area contributed by atoms with Gasteiger partial charge in [0.05, 0.1) is 12.7 Å². The summed E-state index contributed by atoms with van der Waals surface area (Å²) in [5.41, 5.74) is 1.44. The summed E-state index contributed by atoms with van der Waals surface area (Å²) in [6.07, 6.45) is 3.58. The summed E-state index contributed by atoms with van der Waals surface area (Å²) in [6, 6.07) is 6.33. The Morgan fingerprint density at radius 3 is 2.82 bits per heavy atom. The molecule has 1 aromatic carbocycles. The van der Waals surface area contributed by atoms with E-state index >= 15 is 0 Å². The number of nitrogens with zero attached hydrogens (tertiary/aromatic N) is 2. The number of halogens is 1. The highest BCUT2D eigenvalue weighted by molar-refractivity contribution is 5.80. The lowest BCUT2D eigenvalue weighted by atomic mass is 10.1. The lowest BCUT2D eigenvalue weighted by Gasteiger charge is -2.02. The maximum absolute atomic E-state index is 13.3. The summed E-state index contributed by atoms with van der Waals surface area (Å²) in [6.45, 7) is 2.09. The van der Waals surface area contributed by atoms with Crippen LogP contribution in [0.4, 0.5) is 4.39 Å². The highest BCUT2D eigenvalue weighted by atomic mass is 19.1. The molecule has 2 aromatic rings. The van der Waals surface area contributed by atoms with E-state index in [0.717, 1.165) is 5.56 Å². The van der Waals surface area contributed by atoms with Crippen LogP contribution < -0.4 is 0 Å². The quantitative estimate of drug-likeness (QED) is 0.809. The molecule has 0 aliphatic carbocycles. The van der Waals surface area contributed by atoms with E-state index in [1.54, 1.807) is 35.3 Å². The van der Waals surface area contributed by atoms with Gasteiger partial charge in [-0.05, 0) is 24.1 Å². The molecule has 3 nitrogen and oxygen atoms in total. The van der Waals surface area contributed by atoms with E-state index in [1.165, 1.54) is 6.07 Å². The van der Waals surface area contributed by atoms with Gasteiger partial charge in [0.2, 0.25) is 0 Å². The fourth-order valence-corrected chi connectivity index (χ4v) is 1.64. The molecule has 0 saturated heterocycles. The van der Waals surface area contributed by atoms with Gasteiger partial charge in [0.15, 0.2) is 5.78 Å². The summed E-state index contributed by atoms with van der Waals surface area (Å²) >= 11 is 0. The molecule has 1 aromatic heterocycles. The predicted octanol–water partition coefficient (Wildman–Crippen LogP) is 2.14. The number of rotatable bonds is 4. The lowest BCUT2D eigenvalue weighted by Crippen LogP contribution is -2.13. The highest BCUT2D eigenvalue weighted by Crippen LogP contribution is 2.08. The van der Waals surface area contributed by atoms with Gasteiger partial charge in [0.25, 0.3) is 0 Å². The van der Waals surface area contributed by atoms with Crippen molar-refractivity contribution < 1.29 is 9.18 Å². The molecule has 4 heteroatoms. The van der Waals surface area contributed by atoms with Gasteiger partial charge < -0.3 is 0 Å². The average Bonchev–Trinajstić information content (AvgIpc) is 2.67. The molecule has 0 amide bonds. The van der Waals surface area contributed by atoms with Gasteiger partial charge in [-0.25, -0.2) is 4.39 Å². The molecule has 0 N–H and O–H groups in total. The minimum atomic E-state index is -0.336. The van der Waals surface area contributed by atoms with Crippen LogP contribution >= 0.6 is 0 Å². The minimum Gasteiger partial charge on any atom is -0.297 e. The third-order valence-electron chi connectivity index (χ3n) is 2.45. The van der Waals surface area contributed by atoms with Crippen LogP contribution in [0.15, 0.2) is 36.7 Å². The highest BCUT2D eigenvalue weighted by Gasteiger charge is 2.08. The molecule has 88 valence electrons. The van der Waals surface area contributed by atoms with Crippen molar-refractivity contribution in [3.8, 4) is 0 Å². The molecule has 0 radical (unpaired) electrons. The van der Waals surface area contributed by atoms with Crippen LogP contribution in [-0.4, -0.2) is 15.6 Å². The average molecular weight is 232 g/mol. The number of aromatic nitrogens is 2. The summed E-state index contributed by atoms with van der Waals surface area (Å²) in [4.78, 5) is 11.7. The van der Waals surface area contributed by atoms with Crippen LogP contribution in [0.5, 0.6) is 0 Å². The van der Waals surface area contributed by atoms with E-state index in [-0.39, 0.29) is 24.6 Å². The van der Waals surface area contributed by atoms with Gasteiger partial charge >= 0.3 is 0 Å². The number of hydrogen-bond acceptors (Lipinski definition) is 2. The first kappa shape index (κ1) is 11.5. The number of aryl methyl sites for hydroxylation is 1. The third kappa shape index (κ3) is 3.00. The van der Waals surface area contributed by atoms with E-state index in [4.69, 9.17) is 0 Å². The SMILES string of the molecule is Cc1cnn(CC(=O)Cc2ccccc2F)c1. The Morgan fingerprint density at radius 2 is 2.18 bits per heavy atom. The van der Waals surface area contributed by atoms with Gasteiger partial charge in [-0.15, -0.1) is 0 Å². The van der Waals surface area contributed by atoms with Crippen molar-refractivity contribution in [2.24, 2.45) is 0 Å². The van der Waals surface area contributed by atoms with Crippen molar-refractivity contribution in [1.29, 1.82) is 0 Å².